The summed E-state index contributed by atoms with van der Waals surface area (Å²) >= 11 is 0. The molecule has 0 aromatic heterocycles. The first-order valence-electron chi connectivity index (χ1n) is 9.95. The maximum absolute atomic E-state index is 11.8. The fourth-order valence-electron chi connectivity index (χ4n) is 6.15. The number of carbonyl (C=O) groups is 1. The van der Waals surface area contributed by atoms with Crippen molar-refractivity contribution in [3.63, 3.8) is 0 Å². The number of hydrogen-bond donors (Lipinski definition) is 1. The zero-order valence-corrected chi connectivity index (χ0v) is 16.1. The van der Waals surface area contributed by atoms with Gasteiger partial charge >= 0.3 is 0 Å². The van der Waals surface area contributed by atoms with Gasteiger partial charge in [-0.3, -0.25) is 0 Å². The number of rotatable bonds is 4. The molecule has 2 aliphatic carbocycles. The van der Waals surface area contributed by atoms with Gasteiger partial charge in [-0.25, -0.2) is 0 Å². The Hall–Kier alpha value is -2.69. The standard InChI is InChI=1S/C23H25NO4/c1-27-17-8-4-6-15(22(17)28-2)21-19-13-10-9-12(11-13)18(19)14-5-3-7-16(23(25)26)20(14)24-21/h3-8,12-13,18-19,21,24H,9-11H2,1-2H3,(H,25,26)/p-1/t12-,13+,18+,19-,21-/m0/s1. The van der Waals surface area contributed by atoms with E-state index >= 15 is 0 Å². The van der Waals surface area contributed by atoms with Crippen LogP contribution < -0.4 is 19.9 Å². The number of ether oxygens (including phenoxy) is 2. The lowest BCUT2D eigenvalue weighted by molar-refractivity contribution is -0.254. The molecule has 2 saturated carbocycles. The van der Waals surface area contributed by atoms with Gasteiger partial charge in [-0.1, -0.05) is 30.3 Å². The maximum Gasteiger partial charge on any atom is 0.165 e. The Morgan fingerprint density at radius 2 is 1.79 bits per heavy atom. The fourth-order valence-corrected chi connectivity index (χ4v) is 6.15. The molecule has 0 unspecified atom stereocenters. The number of carbonyl (C=O) groups excluding carboxylic acids is 1. The first-order valence-corrected chi connectivity index (χ1v) is 9.95. The van der Waals surface area contributed by atoms with Crippen molar-refractivity contribution in [3.05, 3.63) is 53.1 Å². The topological polar surface area (TPSA) is 70.6 Å². The fraction of sp³-hybridized carbons (Fsp3) is 0.435. The lowest BCUT2D eigenvalue weighted by atomic mass is 9.67. The van der Waals surface area contributed by atoms with Crippen molar-refractivity contribution in [2.24, 2.45) is 17.8 Å². The molecule has 0 radical (unpaired) electrons. The highest BCUT2D eigenvalue weighted by Gasteiger charge is 2.54. The molecule has 1 N–H and O–H groups in total. The van der Waals surface area contributed by atoms with Gasteiger partial charge in [0.25, 0.3) is 0 Å². The highest BCUT2D eigenvalue weighted by atomic mass is 16.5. The number of para-hydroxylation sites is 2. The molecule has 1 heterocycles. The molecule has 2 aromatic rings. The number of hydrogen-bond acceptors (Lipinski definition) is 5. The Balaban J connectivity index is 1.70. The van der Waals surface area contributed by atoms with Crippen LogP contribution in [0.4, 0.5) is 5.69 Å². The van der Waals surface area contributed by atoms with Crippen LogP contribution in [-0.4, -0.2) is 20.2 Å². The van der Waals surface area contributed by atoms with E-state index in [1.165, 1.54) is 19.3 Å². The van der Waals surface area contributed by atoms with Crippen LogP contribution in [0.25, 0.3) is 0 Å². The molecule has 146 valence electrons. The second kappa shape index (κ2) is 6.43. The Morgan fingerprint density at radius 1 is 1.04 bits per heavy atom. The highest BCUT2D eigenvalue weighted by molar-refractivity contribution is 5.94. The molecule has 2 bridgehead atoms. The molecule has 0 amide bonds. The Kier molecular flexibility index (Phi) is 4.00. The number of fused-ring (bicyclic) bond motifs is 7. The molecule has 5 heteroatoms. The predicted octanol–water partition coefficient (Wildman–Crippen LogP) is 3.36. The second-order valence-corrected chi connectivity index (χ2v) is 8.20. The number of anilines is 1. The molecule has 0 saturated heterocycles. The zero-order chi connectivity index (χ0) is 19.4. The van der Waals surface area contributed by atoms with Crippen molar-refractivity contribution in [3.8, 4) is 11.5 Å². The van der Waals surface area contributed by atoms with Gasteiger partial charge in [0.15, 0.2) is 11.5 Å². The predicted molar refractivity (Wildman–Crippen MR) is 104 cm³/mol. The van der Waals surface area contributed by atoms with Crippen molar-refractivity contribution in [1.29, 1.82) is 0 Å². The number of aromatic carboxylic acids is 1. The molecule has 5 rings (SSSR count). The molecular formula is C23H24NO4-. The van der Waals surface area contributed by atoms with E-state index in [-0.39, 0.29) is 11.6 Å². The summed E-state index contributed by atoms with van der Waals surface area (Å²) in [7, 11) is 3.29. The van der Waals surface area contributed by atoms with Crippen LogP contribution in [0, 0.1) is 17.8 Å². The molecule has 3 aliphatic rings. The molecule has 28 heavy (non-hydrogen) atoms. The number of methoxy groups -OCH3 is 2. The van der Waals surface area contributed by atoms with Crippen molar-refractivity contribution in [1.82, 2.24) is 0 Å². The van der Waals surface area contributed by atoms with Gasteiger partial charge in [-0.2, -0.15) is 0 Å². The van der Waals surface area contributed by atoms with Gasteiger partial charge < -0.3 is 24.7 Å². The van der Waals surface area contributed by atoms with Gasteiger partial charge in [0.2, 0.25) is 0 Å². The third-order valence-corrected chi connectivity index (χ3v) is 7.11. The summed E-state index contributed by atoms with van der Waals surface area (Å²) < 4.78 is 11.2. The lowest BCUT2D eigenvalue weighted by Crippen LogP contribution is -2.37. The van der Waals surface area contributed by atoms with Crippen molar-refractivity contribution >= 4 is 11.7 Å². The number of benzene rings is 2. The van der Waals surface area contributed by atoms with Crippen LogP contribution in [0.2, 0.25) is 0 Å². The van der Waals surface area contributed by atoms with E-state index in [1.54, 1.807) is 20.3 Å². The molecule has 2 aromatic carbocycles. The quantitative estimate of drug-likeness (QED) is 0.883. The van der Waals surface area contributed by atoms with E-state index in [2.05, 4.69) is 17.4 Å². The summed E-state index contributed by atoms with van der Waals surface area (Å²) in [6.45, 7) is 0. The minimum atomic E-state index is -1.14. The second-order valence-electron chi connectivity index (χ2n) is 8.20. The Morgan fingerprint density at radius 3 is 2.54 bits per heavy atom. The molecule has 1 aliphatic heterocycles. The van der Waals surface area contributed by atoms with Crippen LogP contribution in [0.15, 0.2) is 36.4 Å². The normalized spacial score (nSPS) is 29.6. The Bertz CT molecular complexity index is 940. The van der Waals surface area contributed by atoms with Crippen LogP contribution >= 0.6 is 0 Å². The number of carboxylic acid groups (broad SMARTS) is 1. The summed E-state index contributed by atoms with van der Waals surface area (Å²) in [5, 5.41) is 15.4. The first kappa shape index (κ1) is 17.4. The third kappa shape index (κ3) is 2.35. The van der Waals surface area contributed by atoms with E-state index in [0.29, 0.717) is 35.1 Å². The van der Waals surface area contributed by atoms with E-state index in [1.807, 2.05) is 18.2 Å². The number of nitrogens with one attached hydrogen (secondary N) is 1. The summed E-state index contributed by atoms with van der Waals surface area (Å²) in [6.07, 6.45) is 3.68. The van der Waals surface area contributed by atoms with Crippen LogP contribution in [0.5, 0.6) is 11.5 Å². The van der Waals surface area contributed by atoms with Gasteiger partial charge in [-0.05, 0) is 54.6 Å². The van der Waals surface area contributed by atoms with Gasteiger partial charge in [0, 0.05) is 16.8 Å². The minimum Gasteiger partial charge on any atom is -0.545 e. The van der Waals surface area contributed by atoms with Gasteiger partial charge in [0.05, 0.1) is 26.2 Å². The average Bonchev–Trinajstić information content (AvgIpc) is 3.34. The largest absolute Gasteiger partial charge is 0.545 e. The monoisotopic (exact) mass is 378 g/mol. The van der Waals surface area contributed by atoms with E-state index in [4.69, 9.17) is 9.47 Å². The van der Waals surface area contributed by atoms with Crippen LogP contribution in [-0.2, 0) is 0 Å². The zero-order valence-electron chi connectivity index (χ0n) is 16.1. The number of carboxylic acids is 1. The van der Waals surface area contributed by atoms with Crippen molar-refractivity contribution < 1.29 is 19.4 Å². The lowest BCUT2D eigenvalue weighted by Gasteiger charge is -2.44. The van der Waals surface area contributed by atoms with Crippen LogP contribution in [0.3, 0.4) is 0 Å². The maximum atomic E-state index is 11.8. The molecule has 2 fully saturated rings. The van der Waals surface area contributed by atoms with E-state index < -0.39 is 5.97 Å². The van der Waals surface area contributed by atoms with Crippen LogP contribution in [0.1, 0.15) is 52.7 Å². The van der Waals surface area contributed by atoms with Crippen molar-refractivity contribution in [2.45, 2.75) is 31.2 Å². The SMILES string of the molecule is COc1cccc([C@@H]2Nc3c(C(=O)[O-])cccc3[C@H]3[C@H]4CC[C@H](C4)[C@@H]32)c1OC. The first-order chi connectivity index (χ1) is 13.6. The summed E-state index contributed by atoms with van der Waals surface area (Å²) in [4.78, 5) is 11.8. The third-order valence-electron chi connectivity index (χ3n) is 7.11. The molecule has 0 spiro atoms. The van der Waals surface area contributed by atoms with E-state index in [9.17, 15) is 9.90 Å². The van der Waals surface area contributed by atoms with Gasteiger partial charge in [0.1, 0.15) is 0 Å². The van der Waals surface area contributed by atoms with Gasteiger partial charge in [-0.15, -0.1) is 0 Å². The smallest absolute Gasteiger partial charge is 0.165 e. The molecule has 5 nitrogen and oxygen atoms in total. The summed E-state index contributed by atoms with van der Waals surface area (Å²) in [5.41, 5.74) is 3.12. The van der Waals surface area contributed by atoms with E-state index in [0.717, 1.165) is 16.9 Å². The summed E-state index contributed by atoms with van der Waals surface area (Å²) in [6, 6.07) is 11.5. The summed E-state index contributed by atoms with van der Waals surface area (Å²) in [5.74, 6) is 2.33. The minimum absolute atomic E-state index is 0.0154. The molecule has 5 atom stereocenters. The van der Waals surface area contributed by atoms with Crippen molar-refractivity contribution in [2.75, 3.05) is 19.5 Å². The Labute approximate surface area is 164 Å². The molecular weight excluding hydrogens is 354 g/mol. The average molecular weight is 378 g/mol. The highest BCUT2D eigenvalue weighted by Crippen LogP contribution is 2.64.